The number of carbonyl (C=O) groups excluding carboxylic acids is 1. The molecule has 29 heavy (non-hydrogen) atoms. The minimum Gasteiger partial charge on any atom is -0.466 e. The lowest BCUT2D eigenvalue weighted by Gasteiger charge is -2.22. The summed E-state index contributed by atoms with van der Waals surface area (Å²) in [7, 11) is 1.32. The number of rotatable bonds is 3. The molecule has 4 rings (SSSR count). The second-order valence-corrected chi connectivity index (χ2v) is 9.09. The summed E-state index contributed by atoms with van der Waals surface area (Å²) in [4.78, 5) is 31.7. The van der Waals surface area contributed by atoms with Crippen LogP contribution in [-0.2, 0) is 9.53 Å². The molecule has 0 saturated heterocycles. The first-order valence-corrected chi connectivity index (χ1v) is 10.9. The predicted octanol–water partition coefficient (Wildman–Crippen LogP) is 3.78. The van der Waals surface area contributed by atoms with Crippen LogP contribution in [0.1, 0.15) is 23.4 Å². The smallest absolute Gasteiger partial charge is 0.338 e. The molecule has 0 aliphatic carbocycles. The van der Waals surface area contributed by atoms with Gasteiger partial charge in [0.1, 0.15) is 6.04 Å². The maximum absolute atomic E-state index is 13.3. The zero-order valence-electron chi connectivity index (χ0n) is 15.3. The second kappa shape index (κ2) is 7.91. The largest absolute Gasteiger partial charge is 0.466 e. The van der Waals surface area contributed by atoms with E-state index in [1.165, 1.54) is 29.8 Å². The van der Waals surface area contributed by atoms with Crippen molar-refractivity contribution in [3.05, 3.63) is 87.2 Å². The van der Waals surface area contributed by atoms with E-state index in [1.807, 2.05) is 17.5 Å². The molecular formula is C20H14Cl2N2O3S2. The highest BCUT2D eigenvalue weighted by Crippen LogP contribution is 2.33. The Morgan fingerprint density at radius 2 is 2.10 bits per heavy atom. The minimum atomic E-state index is -0.582. The van der Waals surface area contributed by atoms with Crippen LogP contribution in [0, 0.1) is 0 Å². The van der Waals surface area contributed by atoms with Gasteiger partial charge >= 0.3 is 5.97 Å². The summed E-state index contributed by atoms with van der Waals surface area (Å²) in [5, 5.41) is 2.87. The van der Waals surface area contributed by atoms with Crippen molar-refractivity contribution in [2.24, 2.45) is 4.99 Å². The summed E-state index contributed by atoms with van der Waals surface area (Å²) in [6.45, 7) is 1.75. The molecule has 148 valence electrons. The number of fused-ring (bicyclic) bond motifs is 1. The lowest BCUT2D eigenvalue weighted by atomic mass is 10.0. The minimum absolute atomic E-state index is 0.243. The van der Waals surface area contributed by atoms with Crippen LogP contribution in [0.5, 0.6) is 0 Å². The first kappa shape index (κ1) is 20.1. The number of benzene rings is 1. The number of carbonyl (C=O) groups is 1. The number of halogens is 2. The van der Waals surface area contributed by atoms with Crippen molar-refractivity contribution < 1.29 is 9.53 Å². The number of esters is 1. The molecule has 0 saturated carbocycles. The van der Waals surface area contributed by atoms with E-state index in [1.54, 1.807) is 35.8 Å². The Morgan fingerprint density at radius 1 is 1.31 bits per heavy atom. The van der Waals surface area contributed by atoms with Gasteiger partial charge in [-0.1, -0.05) is 46.7 Å². The highest BCUT2D eigenvalue weighted by molar-refractivity contribution is 7.10. The number of hydrogen-bond donors (Lipinski definition) is 0. The molecule has 0 radical (unpaired) electrons. The van der Waals surface area contributed by atoms with Gasteiger partial charge in [-0.2, -0.15) is 0 Å². The van der Waals surface area contributed by atoms with E-state index >= 15 is 0 Å². The first-order chi connectivity index (χ1) is 13.9. The summed E-state index contributed by atoms with van der Waals surface area (Å²) < 4.78 is 6.98. The van der Waals surface area contributed by atoms with Gasteiger partial charge < -0.3 is 4.74 Å². The standard InChI is InChI=1S/C20H14Cl2N2O3S2/c1-10-16(19(26)27-2)17(14-4-3-7-28-14)24-18(25)15(29-20(24)23-10)8-11-5-6-12(21)9-13(11)22/h3-9,17H,1-2H3/b15-8+/t17-/m1/s1. The van der Waals surface area contributed by atoms with Crippen molar-refractivity contribution >= 4 is 57.9 Å². The van der Waals surface area contributed by atoms with E-state index in [0.717, 1.165) is 4.88 Å². The number of allylic oxidation sites excluding steroid dienone is 1. The maximum atomic E-state index is 13.3. The van der Waals surface area contributed by atoms with Crippen LogP contribution >= 0.6 is 45.9 Å². The molecule has 1 atom stereocenters. The number of hydrogen-bond acceptors (Lipinski definition) is 6. The van der Waals surface area contributed by atoms with Crippen molar-refractivity contribution in [3.8, 4) is 0 Å². The van der Waals surface area contributed by atoms with Crippen LogP contribution in [0.25, 0.3) is 6.08 Å². The highest BCUT2D eigenvalue weighted by atomic mass is 35.5. The fraction of sp³-hybridized carbons (Fsp3) is 0.150. The summed E-state index contributed by atoms with van der Waals surface area (Å²) >= 11 is 14.9. The first-order valence-electron chi connectivity index (χ1n) is 8.50. The van der Waals surface area contributed by atoms with Crippen LogP contribution in [0.2, 0.25) is 10.0 Å². The monoisotopic (exact) mass is 464 g/mol. The molecule has 0 N–H and O–H groups in total. The van der Waals surface area contributed by atoms with Crippen molar-refractivity contribution in [2.45, 2.75) is 13.0 Å². The topological polar surface area (TPSA) is 60.7 Å². The quantitative estimate of drug-likeness (QED) is 0.554. The molecule has 0 spiro atoms. The van der Waals surface area contributed by atoms with Crippen molar-refractivity contribution in [1.29, 1.82) is 0 Å². The Hall–Kier alpha value is -2.19. The second-order valence-electron chi connectivity index (χ2n) is 6.25. The molecule has 5 nitrogen and oxygen atoms in total. The molecule has 0 bridgehead atoms. The van der Waals surface area contributed by atoms with E-state index in [0.29, 0.717) is 36.2 Å². The molecule has 0 fully saturated rings. The van der Waals surface area contributed by atoms with Crippen molar-refractivity contribution in [3.63, 3.8) is 0 Å². The van der Waals surface area contributed by atoms with Gasteiger partial charge in [0.25, 0.3) is 5.56 Å². The van der Waals surface area contributed by atoms with Crippen LogP contribution in [0.15, 0.2) is 56.8 Å². The third-order valence-electron chi connectivity index (χ3n) is 4.49. The molecule has 0 unspecified atom stereocenters. The molecule has 1 aliphatic rings. The van der Waals surface area contributed by atoms with E-state index in [4.69, 9.17) is 27.9 Å². The number of nitrogens with zero attached hydrogens (tertiary/aromatic N) is 2. The fourth-order valence-electron chi connectivity index (χ4n) is 3.17. The van der Waals surface area contributed by atoms with Gasteiger partial charge in [0.05, 0.1) is 22.9 Å². The number of methoxy groups -OCH3 is 1. The Morgan fingerprint density at radius 3 is 2.76 bits per heavy atom. The molecule has 0 amide bonds. The van der Waals surface area contributed by atoms with Crippen LogP contribution < -0.4 is 14.9 Å². The van der Waals surface area contributed by atoms with E-state index in [9.17, 15) is 9.59 Å². The van der Waals surface area contributed by atoms with Crippen LogP contribution in [0.3, 0.4) is 0 Å². The average Bonchev–Trinajstić information content (AvgIpc) is 3.31. The van der Waals surface area contributed by atoms with Crippen molar-refractivity contribution in [1.82, 2.24) is 4.57 Å². The maximum Gasteiger partial charge on any atom is 0.338 e. The third kappa shape index (κ3) is 3.59. The van der Waals surface area contributed by atoms with Gasteiger partial charge in [0, 0.05) is 14.9 Å². The van der Waals surface area contributed by atoms with Crippen molar-refractivity contribution in [2.75, 3.05) is 7.11 Å². The predicted molar refractivity (Wildman–Crippen MR) is 117 cm³/mol. The van der Waals surface area contributed by atoms with E-state index in [2.05, 4.69) is 4.99 Å². The normalized spacial score (nSPS) is 16.6. The Bertz CT molecular complexity index is 1320. The molecule has 3 heterocycles. The molecule has 2 aromatic heterocycles. The van der Waals surface area contributed by atoms with E-state index < -0.39 is 12.0 Å². The zero-order valence-corrected chi connectivity index (χ0v) is 18.5. The van der Waals surface area contributed by atoms with Gasteiger partial charge in [0.15, 0.2) is 4.80 Å². The molecular weight excluding hydrogens is 451 g/mol. The number of aromatic nitrogens is 1. The molecule has 1 aliphatic heterocycles. The Kier molecular flexibility index (Phi) is 5.48. The SMILES string of the molecule is COC(=O)C1=C(C)N=c2s/c(=C/c3ccc(Cl)cc3Cl)c(=O)n2[C@@H]1c1cccs1. The number of thiophene rings is 1. The number of ether oxygens (including phenoxy) is 1. The highest BCUT2D eigenvalue weighted by Gasteiger charge is 2.33. The summed E-state index contributed by atoms with van der Waals surface area (Å²) in [6.07, 6.45) is 1.71. The summed E-state index contributed by atoms with van der Waals surface area (Å²) in [5.74, 6) is -0.500. The number of thiazole rings is 1. The van der Waals surface area contributed by atoms with Gasteiger partial charge in [-0.3, -0.25) is 9.36 Å². The van der Waals surface area contributed by atoms with Gasteiger partial charge in [-0.05, 0) is 42.1 Å². The summed E-state index contributed by atoms with van der Waals surface area (Å²) in [5.41, 5.74) is 1.33. The van der Waals surface area contributed by atoms with Crippen LogP contribution in [0.4, 0.5) is 0 Å². The molecule has 3 aromatic rings. The van der Waals surface area contributed by atoms with Gasteiger partial charge in [-0.25, -0.2) is 9.79 Å². The lowest BCUT2D eigenvalue weighted by Crippen LogP contribution is -2.39. The molecule has 9 heteroatoms. The Labute approximate surface area is 183 Å². The van der Waals surface area contributed by atoms with Gasteiger partial charge in [-0.15, -0.1) is 11.3 Å². The van der Waals surface area contributed by atoms with Crippen LogP contribution in [-0.4, -0.2) is 17.6 Å². The van der Waals surface area contributed by atoms with Gasteiger partial charge in [0.2, 0.25) is 0 Å². The lowest BCUT2D eigenvalue weighted by molar-refractivity contribution is -0.136. The summed E-state index contributed by atoms with van der Waals surface area (Å²) in [6, 6.07) is 8.29. The third-order valence-corrected chi connectivity index (χ3v) is 6.96. The van der Waals surface area contributed by atoms with E-state index in [-0.39, 0.29) is 5.56 Å². The fourth-order valence-corrected chi connectivity index (χ4v) is 5.49. The average molecular weight is 465 g/mol. The zero-order chi connectivity index (χ0) is 20.7. The molecule has 1 aromatic carbocycles. The Balaban J connectivity index is 1.97.